The topological polar surface area (TPSA) is 47.9 Å². The van der Waals surface area contributed by atoms with Gasteiger partial charge in [0.05, 0.1) is 12.8 Å². The van der Waals surface area contributed by atoms with E-state index in [-0.39, 0.29) is 30.7 Å². The van der Waals surface area contributed by atoms with E-state index in [1.807, 2.05) is 18.2 Å². The zero-order chi connectivity index (χ0) is 16.1. The molecule has 0 bridgehead atoms. The molecule has 0 aromatic heterocycles. The lowest BCUT2D eigenvalue weighted by atomic mass is 10.1. The van der Waals surface area contributed by atoms with Gasteiger partial charge < -0.3 is 4.90 Å². The average molecular weight is 383 g/mol. The lowest BCUT2D eigenvalue weighted by Crippen LogP contribution is -2.47. The summed E-state index contributed by atoms with van der Waals surface area (Å²) in [5.74, 6) is -0.0633. The number of hydrogen-bond donors (Lipinski definition) is 1. The fourth-order valence-corrected chi connectivity index (χ4v) is 2.71. The molecule has 0 radical (unpaired) electrons. The molecule has 0 atom stereocenters. The monoisotopic (exact) mass is 382 g/mol. The molecule has 0 saturated carbocycles. The van der Waals surface area contributed by atoms with Crippen LogP contribution in [-0.4, -0.2) is 61.7 Å². The second-order valence-corrected chi connectivity index (χ2v) is 5.98. The van der Waals surface area contributed by atoms with E-state index in [9.17, 15) is 4.79 Å². The third kappa shape index (κ3) is 6.29. The molecule has 1 amide bonds. The van der Waals surface area contributed by atoms with Gasteiger partial charge in [-0.15, -0.1) is 24.8 Å². The van der Waals surface area contributed by atoms with Gasteiger partial charge in [-0.05, 0) is 29.4 Å². The van der Waals surface area contributed by atoms with Crippen LogP contribution >= 0.6 is 24.8 Å². The van der Waals surface area contributed by atoms with Crippen molar-refractivity contribution >= 4 is 47.7 Å². The van der Waals surface area contributed by atoms with Crippen LogP contribution in [0.15, 0.2) is 47.6 Å². The molecule has 5 nitrogen and oxygen atoms in total. The molecule has 3 rings (SSSR count). The Morgan fingerprint density at radius 2 is 1.76 bits per heavy atom. The smallest absolute Gasteiger partial charge is 0.254 e. The van der Waals surface area contributed by atoms with E-state index in [1.54, 1.807) is 6.21 Å². The Morgan fingerprint density at radius 3 is 2.48 bits per heavy atom. The molecule has 0 unspecified atom stereocenters. The fraction of sp³-hybridized carbons (Fsp3) is 0.333. The summed E-state index contributed by atoms with van der Waals surface area (Å²) in [6.45, 7) is 4.28. The van der Waals surface area contributed by atoms with Crippen molar-refractivity contribution in [1.29, 1.82) is 0 Å². The Morgan fingerprint density at radius 1 is 1.08 bits per heavy atom. The number of halogens is 2. The van der Waals surface area contributed by atoms with Gasteiger partial charge in [0.1, 0.15) is 0 Å². The maximum atomic E-state index is 11.9. The molecule has 0 aliphatic carbocycles. The standard InChI is InChI=1S/C18H22N4O.2ClH/c1-21-8-10-22(11-9-21)14-18(23)20-19-13-15-6-7-16-4-2-3-5-17(16)12-15;;/h2-7,12-13H,8-11,14H2,1H3,(H,20,23);2*1H. The zero-order valence-electron chi connectivity index (χ0n) is 14.2. The maximum absolute atomic E-state index is 11.9. The van der Waals surface area contributed by atoms with Gasteiger partial charge in [-0.25, -0.2) is 5.43 Å². The van der Waals surface area contributed by atoms with E-state index in [0.29, 0.717) is 6.54 Å². The minimum absolute atomic E-state index is 0. The molecular weight excluding hydrogens is 359 g/mol. The van der Waals surface area contributed by atoms with Crippen molar-refractivity contribution in [3.8, 4) is 0 Å². The van der Waals surface area contributed by atoms with Crippen LogP contribution in [-0.2, 0) is 4.79 Å². The first kappa shape index (κ1) is 21.4. The predicted molar refractivity (Wildman–Crippen MR) is 108 cm³/mol. The molecule has 1 heterocycles. The number of nitrogens with one attached hydrogen (secondary N) is 1. The molecule has 0 spiro atoms. The quantitative estimate of drug-likeness (QED) is 0.652. The number of likely N-dealkylation sites (N-methyl/N-ethyl adjacent to an activating group) is 1. The van der Waals surface area contributed by atoms with Crippen LogP contribution < -0.4 is 5.43 Å². The van der Waals surface area contributed by atoms with Gasteiger partial charge in [0.15, 0.2) is 0 Å². The summed E-state index contributed by atoms with van der Waals surface area (Å²) in [5.41, 5.74) is 3.59. The first-order valence-corrected chi connectivity index (χ1v) is 7.92. The highest BCUT2D eigenvalue weighted by Gasteiger charge is 2.15. The number of piperazine rings is 1. The number of hydrogen-bond acceptors (Lipinski definition) is 4. The summed E-state index contributed by atoms with van der Waals surface area (Å²) in [6.07, 6.45) is 1.69. The first-order chi connectivity index (χ1) is 11.2. The number of hydrazone groups is 1. The van der Waals surface area contributed by atoms with Crippen LogP contribution in [0.1, 0.15) is 5.56 Å². The lowest BCUT2D eigenvalue weighted by Gasteiger charge is -2.31. The van der Waals surface area contributed by atoms with Gasteiger partial charge in [0, 0.05) is 26.2 Å². The summed E-state index contributed by atoms with van der Waals surface area (Å²) in [6, 6.07) is 14.3. The molecule has 2 aromatic rings. The highest BCUT2D eigenvalue weighted by molar-refractivity contribution is 5.91. The van der Waals surface area contributed by atoms with Crippen LogP contribution in [0, 0.1) is 0 Å². The predicted octanol–water partition coefficient (Wildman–Crippen LogP) is 2.38. The summed E-state index contributed by atoms with van der Waals surface area (Å²) in [5, 5.41) is 6.43. The van der Waals surface area contributed by atoms with E-state index in [0.717, 1.165) is 31.7 Å². The third-order valence-corrected chi connectivity index (χ3v) is 4.14. The van der Waals surface area contributed by atoms with Gasteiger partial charge in [0.25, 0.3) is 5.91 Å². The molecule has 1 saturated heterocycles. The minimum Gasteiger partial charge on any atom is -0.304 e. The number of benzene rings is 2. The van der Waals surface area contributed by atoms with Crippen LogP contribution in [0.3, 0.4) is 0 Å². The molecule has 7 heteroatoms. The summed E-state index contributed by atoms with van der Waals surface area (Å²) in [7, 11) is 2.10. The molecule has 136 valence electrons. The van der Waals surface area contributed by atoms with E-state index in [2.05, 4.69) is 51.6 Å². The van der Waals surface area contributed by atoms with Gasteiger partial charge in [-0.1, -0.05) is 36.4 Å². The van der Waals surface area contributed by atoms with Gasteiger partial charge >= 0.3 is 0 Å². The molecule has 25 heavy (non-hydrogen) atoms. The Bertz CT molecular complexity index is 715. The third-order valence-electron chi connectivity index (χ3n) is 4.14. The number of amides is 1. The molecule has 1 fully saturated rings. The normalized spacial score (nSPS) is 15.6. The largest absolute Gasteiger partial charge is 0.304 e. The van der Waals surface area contributed by atoms with Crippen molar-refractivity contribution < 1.29 is 4.79 Å². The molecule has 1 aliphatic heterocycles. The average Bonchev–Trinajstić information content (AvgIpc) is 2.57. The molecule has 1 N–H and O–H groups in total. The maximum Gasteiger partial charge on any atom is 0.254 e. The van der Waals surface area contributed by atoms with E-state index >= 15 is 0 Å². The second-order valence-electron chi connectivity index (χ2n) is 5.98. The van der Waals surface area contributed by atoms with Crippen molar-refractivity contribution in [3.05, 3.63) is 48.0 Å². The van der Waals surface area contributed by atoms with Crippen molar-refractivity contribution in [1.82, 2.24) is 15.2 Å². The van der Waals surface area contributed by atoms with E-state index < -0.39 is 0 Å². The van der Waals surface area contributed by atoms with Crippen molar-refractivity contribution in [2.24, 2.45) is 5.10 Å². The minimum atomic E-state index is -0.0633. The van der Waals surface area contributed by atoms with Crippen molar-refractivity contribution in [2.75, 3.05) is 39.8 Å². The first-order valence-electron chi connectivity index (χ1n) is 7.92. The highest BCUT2D eigenvalue weighted by Crippen LogP contribution is 2.14. The van der Waals surface area contributed by atoms with E-state index in [1.165, 1.54) is 10.8 Å². The number of fused-ring (bicyclic) bond motifs is 1. The number of rotatable bonds is 4. The summed E-state index contributed by atoms with van der Waals surface area (Å²) in [4.78, 5) is 16.3. The Balaban J connectivity index is 0.00000156. The Hall–Kier alpha value is -1.66. The molecule has 1 aliphatic rings. The number of carbonyl (C=O) groups excluding carboxylic acids is 1. The molecule has 2 aromatic carbocycles. The number of carbonyl (C=O) groups is 1. The lowest BCUT2D eigenvalue weighted by molar-refractivity contribution is -0.122. The van der Waals surface area contributed by atoms with Gasteiger partial charge in [-0.3, -0.25) is 9.69 Å². The molecular formula is C18H24Cl2N4O. The van der Waals surface area contributed by atoms with Gasteiger partial charge in [0.2, 0.25) is 0 Å². The number of nitrogens with zero attached hydrogens (tertiary/aromatic N) is 3. The van der Waals surface area contributed by atoms with Crippen molar-refractivity contribution in [2.45, 2.75) is 0 Å². The van der Waals surface area contributed by atoms with Crippen molar-refractivity contribution in [3.63, 3.8) is 0 Å². The van der Waals surface area contributed by atoms with E-state index in [4.69, 9.17) is 0 Å². The van der Waals surface area contributed by atoms with Crippen LogP contribution in [0.4, 0.5) is 0 Å². The SMILES string of the molecule is CN1CCN(CC(=O)NN=Cc2ccc3ccccc3c2)CC1.Cl.Cl. The van der Waals surface area contributed by atoms with Crippen LogP contribution in [0.2, 0.25) is 0 Å². The highest BCUT2D eigenvalue weighted by atomic mass is 35.5. The Labute approximate surface area is 160 Å². The summed E-state index contributed by atoms with van der Waals surface area (Å²) >= 11 is 0. The fourth-order valence-electron chi connectivity index (χ4n) is 2.71. The summed E-state index contributed by atoms with van der Waals surface area (Å²) < 4.78 is 0. The van der Waals surface area contributed by atoms with Crippen LogP contribution in [0.25, 0.3) is 10.8 Å². The van der Waals surface area contributed by atoms with Gasteiger partial charge in [-0.2, -0.15) is 5.10 Å². The van der Waals surface area contributed by atoms with Crippen LogP contribution in [0.5, 0.6) is 0 Å². The Kier molecular flexibility index (Phi) is 8.86. The zero-order valence-corrected chi connectivity index (χ0v) is 15.9. The second kappa shape index (κ2) is 10.4.